The average Bonchev–Trinajstić information content (AvgIpc) is 2.97. The zero-order valence-electron chi connectivity index (χ0n) is 24.1. The number of fused-ring (bicyclic) bond motifs is 3. The van der Waals surface area contributed by atoms with Crippen LogP contribution in [0.5, 0.6) is 17.2 Å². The van der Waals surface area contributed by atoms with Gasteiger partial charge >= 0.3 is 0 Å². The monoisotopic (exact) mass is 598 g/mol. The molecule has 6 rings (SSSR count). The number of aromatic hydroxyl groups is 1. The molecule has 4 atom stereocenters. The van der Waals surface area contributed by atoms with Gasteiger partial charge in [0, 0.05) is 34.8 Å². The average molecular weight is 599 g/mol. The SMILES string of the molecule is CN(C)[C@@H]1C(=O)C(C(N)=O)=C(O)[C@@]2(O)C(=O)C3=C(O)c4c(O)ccc(Oc5cc[n+](Cc6ccccc6)cc5)c4C[C@H]3C[C@@H]12. The smallest absolute Gasteiger partial charge is 0.255 e. The summed E-state index contributed by atoms with van der Waals surface area (Å²) >= 11 is 0. The molecule has 1 saturated carbocycles. The van der Waals surface area contributed by atoms with Crippen molar-refractivity contribution in [2.75, 3.05) is 14.1 Å². The van der Waals surface area contributed by atoms with Crippen molar-refractivity contribution in [2.45, 2.75) is 31.0 Å². The number of phenolic OH excluding ortho intramolecular Hbond substituents is 1. The number of hydrogen-bond acceptors (Lipinski definition) is 9. The van der Waals surface area contributed by atoms with E-state index in [0.717, 1.165) is 5.56 Å². The number of amides is 1. The summed E-state index contributed by atoms with van der Waals surface area (Å²) in [5, 5.41) is 44.9. The van der Waals surface area contributed by atoms with Crippen molar-refractivity contribution < 1.29 is 44.1 Å². The maximum atomic E-state index is 14.0. The van der Waals surface area contributed by atoms with Crippen LogP contribution >= 0.6 is 0 Å². The highest BCUT2D eigenvalue weighted by atomic mass is 16.5. The van der Waals surface area contributed by atoms with Crippen LogP contribution in [0.3, 0.4) is 0 Å². The molecule has 1 fully saturated rings. The Labute approximate surface area is 252 Å². The highest BCUT2D eigenvalue weighted by molar-refractivity contribution is 6.24. The highest BCUT2D eigenvalue weighted by Crippen LogP contribution is 2.53. The Morgan fingerprint density at radius 1 is 1.05 bits per heavy atom. The van der Waals surface area contributed by atoms with Gasteiger partial charge in [0.05, 0.1) is 11.6 Å². The molecule has 0 bridgehead atoms. The van der Waals surface area contributed by atoms with E-state index in [1.54, 1.807) is 32.3 Å². The lowest BCUT2D eigenvalue weighted by atomic mass is 9.57. The quantitative estimate of drug-likeness (QED) is 0.210. The van der Waals surface area contributed by atoms with Crippen LogP contribution in [0.2, 0.25) is 0 Å². The van der Waals surface area contributed by atoms with E-state index in [1.807, 2.05) is 47.3 Å². The number of pyridine rings is 1. The first-order valence-electron chi connectivity index (χ1n) is 14.1. The molecule has 3 aliphatic rings. The fourth-order valence-electron chi connectivity index (χ4n) is 6.85. The standard InChI is InChI=1S/C33H31N3O8/c1-35(2)27-21-15-18-14-20-23(44-19-10-12-36(13-11-19)16-17-6-4-3-5-7-17)9-8-22(37)25(20)28(38)24(18)30(40)33(21,43)31(41)26(29(27)39)32(34)42/h3-13,18,21,27,43H,14-16H2,1-2H3,(H4-,34,37,38,39,40,41,42)/p+1/t18-,21-,27-,33-/m0/s1. The number of aliphatic hydroxyl groups excluding tert-OH is 2. The Morgan fingerprint density at radius 3 is 2.36 bits per heavy atom. The summed E-state index contributed by atoms with van der Waals surface area (Å²) in [6.45, 7) is 0.669. The molecule has 2 aromatic carbocycles. The molecule has 11 heteroatoms. The largest absolute Gasteiger partial charge is 0.508 e. The second-order valence-corrected chi connectivity index (χ2v) is 11.7. The van der Waals surface area contributed by atoms with Gasteiger partial charge in [-0.1, -0.05) is 30.3 Å². The zero-order valence-corrected chi connectivity index (χ0v) is 24.1. The number of hydrogen-bond donors (Lipinski definition) is 5. The van der Waals surface area contributed by atoms with Gasteiger partial charge in [0.2, 0.25) is 5.78 Å². The Hall–Kier alpha value is -5.00. The topological polar surface area (TPSA) is 174 Å². The number of nitrogens with two attached hydrogens (primary N) is 1. The molecule has 3 aliphatic carbocycles. The molecule has 0 aliphatic heterocycles. The third-order valence-corrected chi connectivity index (χ3v) is 8.86. The Kier molecular flexibility index (Phi) is 7.02. The van der Waals surface area contributed by atoms with Gasteiger partial charge in [-0.3, -0.25) is 19.3 Å². The molecule has 1 heterocycles. The summed E-state index contributed by atoms with van der Waals surface area (Å²) < 4.78 is 8.19. The third-order valence-electron chi connectivity index (χ3n) is 8.86. The molecule has 44 heavy (non-hydrogen) atoms. The van der Waals surface area contributed by atoms with Crippen LogP contribution in [0.15, 0.2) is 83.9 Å². The lowest BCUT2D eigenvalue weighted by Crippen LogP contribution is -2.65. The van der Waals surface area contributed by atoms with Gasteiger partial charge in [0.15, 0.2) is 30.3 Å². The lowest BCUT2D eigenvalue weighted by Gasteiger charge is -2.50. The van der Waals surface area contributed by atoms with E-state index in [-0.39, 0.29) is 29.7 Å². The number of carbonyl (C=O) groups is 3. The summed E-state index contributed by atoms with van der Waals surface area (Å²) in [6, 6.07) is 15.3. The van der Waals surface area contributed by atoms with E-state index in [9.17, 15) is 34.8 Å². The number of ether oxygens (including phenoxy) is 1. The van der Waals surface area contributed by atoms with Gasteiger partial charge in [-0.25, -0.2) is 4.57 Å². The number of benzene rings is 2. The molecular weight excluding hydrogens is 566 g/mol. The molecule has 0 unspecified atom stereocenters. The molecule has 6 N–H and O–H groups in total. The number of nitrogens with zero attached hydrogens (tertiary/aromatic N) is 2. The lowest BCUT2D eigenvalue weighted by molar-refractivity contribution is -0.688. The number of phenols is 1. The second-order valence-electron chi connectivity index (χ2n) is 11.7. The first-order chi connectivity index (χ1) is 20.9. The van der Waals surface area contributed by atoms with Crippen LogP contribution in [-0.2, 0) is 27.3 Å². The first-order valence-corrected chi connectivity index (χ1v) is 14.1. The molecule has 1 amide bonds. The molecule has 1 aromatic heterocycles. The normalized spacial score (nSPS) is 24.6. The summed E-state index contributed by atoms with van der Waals surface area (Å²) in [5.74, 6) is -6.15. The number of ketones is 2. The fourth-order valence-corrected chi connectivity index (χ4v) is 6.85. The molecule has 0 spiro atoms. The van der Waals surface area contributed by atoms with E-state index in [1.165, 1.54) is 11.0 Å². The van der Waals surface area contributed by atoms with Gasteiger partial charge in [-0.15, -0.1) is 0 Å². The third kappa shape index (κ3) is 4.43. The van der Waals surface area contributed by atoms with Crippen molar-refractivity contribution in [3.63, 3.8) is 0 Å². The molecule has 3 aromatic rings. The minimum atomic E-state index is -2.69. The van der Waals surface area contributed by atoms with Gasteiger partial charge in [0.1, 0.15) is 34.3 Å². The Balaban J connectivity index is 1.38. The maximum Gasteiger partial charge on any atom is 0.255 e. The van der Waals surface area contributed by atoms with Crippen molar-refractivity contribution in [1.82, 2.24) is 4.90 Å². The van der Waals surface area contributed by atoms with Crippen molar-refractivity contribution >= 4 is 23.2 Å². The highest BCUT2D eigenvalue weighted by Gasteiger charge is 2.64. The summed E-state index contributed by atoms with van der Waals surface area (Å²) in [6.07, 6.45) is 3.85. The van der Waals surface area contributed by atoms with Gasteiger partial charge < -0.3 is 30.9 Å². The summed E-state index contributed by atoms with van der Waals surface area (Å²) in [7, 11) is 3.11. The summed E-state index contributed by atoms with van der Waals surface area (Å²) in [4.78, 5) is 40.9. The van der Waals surface area contributed by atoms with Crippen LogP contribution < -0.4 is 15.0 Å². The summed E-state index contributed by atoms with van der Waals surface area (Å²) in [5.41, 5.74) is 3.16. The van der Waals surface area contributed by atoms with Gasteiger partial charge in [-0.2, -0.15) is 0 Å². The number of carbonyl (C=O) groups excluding carboxylic acids is 3. The Morgan fingerprint density at radius 2 is 1.73 bits per heavy atom. The van der Waals surface area contributed by atoms with Crippen molar-refractivity contribution in [3.8, 4) is 17.2 Å². The number of rotatable bonds is 6. The van der Waals surface area contributed by atoms with Crippen LogP contribution in [0.1, 0.15) is 23.1 Å². The van der Waals surface area contributed by atoms with E-state index in [2.05, 4.69) is 0 Å². The minimum Gasteiger partial charge on any atom is -0.508 e. The number of Topliss-reactive ketones (excluding diaryl/α,β-unsaturated/α-hetero) is 2. The zero-order chi connectivity index (χ0) is 31.5. The van der Waals surface area contributed by atoms with Crippen LogP contribution in [0, 0.1) is 11.8 Å². The first kappa shape index (κ1) is 29.1. The van der Waals surface area contributed by atoms with Crippen molar-refractivity contribution in [3.05, 3.63) is 101 Å². The van der Waals surface area contributed by atoms with Gasteiger partial charge in [0.25, 0.3) is 5.91 Å². The van der Waals surface area contributed by atoms with E-state index < -0.39 is 58.0 Å². The maximum absolute atomic E-state index is 14.0. The molecule has 0 saturated heterocycles. The number of aliphatic hydroxyl groups is 3. The van der Waals surface area contributed by atoms with Crippen molar-refractivity contribution in [2.24, 2.45) is 17.6 Å². The van der Waals surface area contributed by atoms with E-state index >= 15 is 0 Å². The van der Waals surface area contributed by atoms with Crippen molar-refractivity contribution in [1.29, 1.82) is 0 Å². The molecule has 0 radical (unpaired) electrons. The second kappa shape index (κ2) is 10.6. The van der Waals surface area contributed by atoms with E-state index in [4.69, 9.17) is 10.5 Å². The van der Waals surface area contributed by atoms with Crippen LogP contribution in [-0.4, -0.2) is 68.5 Å². The number of likely N-dealkylation sites (N-methyl/N-ethyl adjacent to an activating group) is 1. The number of primary amides is 1. The molecular formula is C33H32N3O8+. The molecule has 11 nitrogen and oxygen atoms in total. The minimum absolute atomic E-state index is 0.00825. The van der Waals surface area contributed by atoms with E-state index in [0.29, 0.717) is 23.6 Å². The number of aromatic nitrogens is 1. The van der Waals surface area contributed by atoms with Crippen LogP contribution in [0.25, 0.3) is 5.76 Å². The predicted octanol–water partition coefficient (Wildman–Crippen LogP) is 2.09. The van der Waals surface area contributed by atoms with Crippen LogP contribution in [0.4, 0.5) is 0 Å². The molecule has 226 valence electrons. The van der Waals surface area contributed by atoms with Gasteiger partial charge in [-0.05, 0) is 45.0 Å². The Bertz CT molecular complexity index is 1760. The predicted molar refractivity (Wildman–Crippen MR) is 156 cm³/mol. The fraction of sp³-hybridized carbons (Fsp3) is 0.273.